The number of aromatic nitrogens is 4. The van der Waals surface area contributed by atoms with Crippen LogP contribution in [0.25, 0.3) is 0 Å². The van der Waals surface area contributed by atoms with E-state index in [1.54, 1.807) is 0 Å². The average Bonchev–Trinajstić information content (AvgIpc) is 3.14. The Hall–Kier alpha value is -3.36. The molecule has 3 heterocycles. The summed E-state index contributed by atoms with van der Waals surface area (Å²) in [6.07, 6.45) is 0. The highest BCUT2D eigenvalue weighted by molar-refractivity contribution is 5.29. The molecule has 0 aromatic carbocycles. The summed E-state index contributed by atoms with van der Waals surface area (Å²) in [5, 5.41) is 34.2. The molecular weight excluding hydrogens is 336 g/mol. The van der Waals surface area contributed by atoms with Crippen molar-refractivity contribution in [2.45, 2.75) is 0 Å². The van der Waals surface area contributed by atoms with E-state index in [0.29, 0.717) is 0 Å². The Labute approximate surface area is 130 Å². The summed E-state index contributed by atoms with van der Waals surface area (Å²) in [7, 11) is 0. The number of nitro groups is 2. The summed E-state index contributed by atoms with van der Waals surface area (Å²) in [5.74, 6) is -2.11. The minimum Gasteiger partial charge on any atom is -0.468 e. The van der Waals surface area contributed by atoms with E-state index in [-0.39, 0.29) is 38.2 Å². The van der Waals surface area contributed by atoms with Crippen molar-refractivity contribution in [3.63, 3.8) is 0 Å². The molecule has 15 heteroatoms. The molecule has 2 aromatic rings. The van der Waals surface area contributed by atoms with Crippen LogP contribution < -0.4 is 9.47 Å². The van der Waals surface area contributed by atoms with Gasteiger partial charge in [0.05, 0.1) is 18.6 Å². The molecule has 24 heavy (non-hydrogen) atoms. The molecule has 1 aliphatic heterocycles. The zero-order valence-electron chi connectivity index (χ0n) is 11.7. The van der Waals surface area contributed by atoms with E-state index in [9.17, 15) is 20.2 Å². The number of nitrogens with zero attached hydrogens (tertiary/aromatic N) is 6. The number of ether oxygens (including phenoxy) is 3. The van der Waals surface area contributed by atoms with Gasteiger partial charge in [0.25, 0.3) is 0 Å². The van der Waals surface area contributed by atoms with Crippen molar-refractivity contribution >= 4 is 11.6 Å². The molecule has 0 radical (unpaired) electrons. The Morgan fingerprint density at radius 3 is 1.71 bits per heavy atom. The second kappa shape index (κ2) is 6.03. The Kier molecular flexibility index (Phi) is 3.90. The Bertz CT molecular complexity index is 694. The minimum atomic E-state index is -0.809. The highest BCUT2D eigenvalue weighted by atomic mass is 16.7. The van der Waals surface area contributed by atoms with Gasteiger partial charge in [0.1, 0.15) is 13.2 Å². The van der Waals surface area contributed by atoms with Gasteiger partial charge < -0.3 is 34.4 Å². The predicted molar refractivity (Wildman–Crippen MR) is 66.1 cm³/mol. The molecule has 0 unspecified atom stereocenters. The van der Waals surface area contributed by atoms with Crippen LogP contribution in [0.15, 0.2) is 9.26 Å². The highest BCUT2D eigenvalue weighted by Crippen LogP contribution is 2.32. The largest absolute Gasteiger partial charge is 0.478 e. The van der Waals surface area contributed by atoms with E-state index >= 15 is 0 Å². The number of hydrogen-bond donors (Lipinski definition) is 0. The summed E-state index contributed by atoms with van der Waals surface area (Å²) in [5.41, 5.74) is -0.709. The fraction of sp³-hybridized carbons (Fsp3) is 0.556. The zero-order chi connectivity index (χ0) is 17.2. The molecule has 0 spiro atoms. The van der Waals surface area contributed by atoms with Gasteiger partial charge in [-0.15, -0.1) is 9.26 Å². The van der Waals surface area contributed by atoms with Crippen molar-refractivity contribution < 1.29 is 33.3 Å². The summed E-state index contributed by atoms with van der Waals surface area (Å²) >= 11 is 0. The van der Waals surface area contributed by atoms with Gasteiger partial charge in [-0.1, -0.05) is 0 Å². The second-order valence-corrected chi connectivity index (χ2v) is 4.87. The molecular formula is C9H8N6O9. The van der Waals surface area contributed by atoms with Crippen molar-refractivity contribution in [3.8, 4) is 11.8 Å². The monoisotopic (exact) mass is 344 g/mol. The molecule has 0 bridgehead atoms. The van der Waals surface area contributed by atoms with Gasteiger partial charge in [0, 0.05) is 10.3 Å². The fourth-order valence-electron chi connectivity index (χ4n) is 1.80. The molecule has 0 saturated carbocycles. The van der Waals surface area contributed by atoms with Crippen LogP contribution in [0.4, 0.5) is 11.6 Å². The third-order valence-corrected chi connectivity index (χ3v) is 3.08. The van der Waals surface area contributed by atoms with Crippen LogP contribution in [0.1, 0.15) is 0 Å². The van der Waals surface area contributed by atoms with Crippen molar-refractivity contribution in [3.05, 3.63) is 20.2 Å². The maximum absolute atomic E-state index is 10.7. The molecule has 0 aliphatic carbocycles. The Morgan fingerprint density at radius 1 is 0.917 bits per heavy atom. The second-order valence-electron chi connectivity index (χ2n) is 4.87. The maximum atomic E-state index is 10.7. The smallest absolute Gasteiger partial charge is 0.468 e. The lowest BCUT2D eigenvalue weighted by atomic mass is 9.88. The van der Waals surface area contributed by atoms with Crippen molar-refractivity contribution in [1.82, 2.24) is 20.6 Å². The molecule has 0 amide bonds. The van der Waals surface area contributed by atoms with Crippen LogP contribution in [-0.4, -0.2) is 56.9 Å². The molecule has 1 aliphatic rings. The average molecular weight is 344 g/mol. The molecule has 128 valence electrons. The maximum Gasteiger partial charge on any atom is 0.478 e. The standard InChI is InChI=1S/C9H8N6O9/c16-14(17)5-7(12-23-10-5)21-3-9(1-20-2-9)4-22-8-6(15(18)19)11-24-13-8/h1-4H2. The molecule has 15 nitrogen and oxygen atoms in total. The first-order valence-electron chi connectivity index (χ1n) is 6.28. The predicted octanol–water partition coefficient (Wildman–Crippen LogP) is -0.257. The van der Waals surface area contributed by atoms with E-state index in [0.717, 1.165) is 0 Å². The number of rotatable bonds is 8. The van der Waals surface area contributed by atoms with Gasteiger partial charge in [-0.05, 0) is 9.85 Å². The van der Waals surface area contributed by atoms with Gasteiger partial charge in [0.2, 0.25) is 0 Å². The highest BCUT2D eigenvalue weighted by Gasteiger charge is 2.43. The van der Waals surface area contributed by atoms with Gasteiger partial charge in [-0.2, -0.15) is 0 Å². The van der Waals surface area contributed by atoms with Crippen molar-refractivity contribution in [2.75, 3.05) is 26.4 Å². The first-order chi connectivity index (χ1) is 11.5. The molecule has 1 fully saturated rings. The van der Waals surface area contributed by atoms with Crippen molar-refractivity contribution in [1.29, 1.82) is 0 Å². The number of hydrogen-bond acceptors (Lipinski definition) is 13. The zero-order valence-corrected chi connectivity index (χ0v) is 11.7. The van der Waals surface area contributed by atoms with Gasteiger partial charge in [-0.3, -0.25) is 0 Å². The van der Waals surface area contributed by atoms with Gasteiger partial charge >= 0.3 is 23.4 Å². The van der Waals surface area contributed by atoms with E-state index in [1.807, 2.05) is 0 Å². The topological polar surface area (TPSA) is 192 Å². The van der Waals surface area contributed by atoms with Gasteiger partial charge in [-0.25, -0.2) is 0 Å². The Morgan fingerprint density at radius 2 is 1.38 bits per heavy atom. The third kappa shape index (κ3) is 2.91. The lowest BCUT2D eigenvalue weighted by molar-refractivity contribution is -0.392. The fourth-order valence-corrected chi connectivity index (χ4v) is 1.80. The molecule has 0 N–H and O–H groups in total. The summed E-state index contributed by atoms with van der Waals surface area (Å²) < 4.78 is 24.0. The van der Waals surface area contributed by atoms with E-state index < -0.39 is 26.9 Å². The summed E-state index contributed by atoms with van der Waals surface area (Å²) in [6.45, 7) is 0.235. The van der Waals surface area contributed by atoms with Crippen LogP contribution in [-0.2, 0) is 4.74 Å². The van der Waals surface area contributed by atoms with E-state index in [1.165, 1.54) is 0 Å². The molecule has 0 atom stereocenters. The van der Waals surface area contributed by atoms with Crippen molar-refractivity contribution in [2.24, 2.45) is 5.41 Å². The lowest BCUT2D eigenvalue weighted by Crippen LogP contribution is -2.51. The SMILES string of the molecule is O=[N+]([O-])c1nonc1OCC1(COc2nonc2[N+](=O)[O-])COC1. The minimum absolute atomic E-state index is 0.0822. The quantitative estimate of drug-likeness (QED) is 0.449. The molecule has 3 rings (SSSR count). The van der Waals surface area contributed by atoms with E-state index in [4.69, 9.17) is 14.2 Å². The van der Waals surface area contributed by atoms with Crippen LogP contribution in [0.3, 0.4) is 0 Å². The van der Waals surface area contributed by atoms with Gasteiger partial charge in [0.15, 0.2) is 10.3 Å². The first-order valence-corrected chi connectivity index (χ1v) is 6.28. The third-order valence-electron chi connectivity index (χ3n) is 3.08. The van der Waals surface area contributed by atoms with Crippen LogP contribution in [0.5, 0.6) is 11.8 Å². The lowest BCUT2D eigenvalue weighted by Gasteiger charge is -2.39. The Balaban J connectivity index is 1.62. The van der Waals surface area contributed by atoms with E-state index in [2.05, 4.69) is 29.9 Å². The normalized spacial score (nSPS) is 15.5. The summed E-state index contributed by atoms with van der Waals surface area (Å²) in [6, 6.07) is 0. The first kappa shape index (κ1) is 15.5. The van der Waals surface area contributed by atoms with Crippen LogP contribution in [0.2, 0.25) is 0 Å². The van der Waals surface area contributed by atoms with Crippen LogP contribution >= 0.6 is 0 Å². The molecule has 1 saturated heterocycles. The summed E-state index contributed by atoms with van der Waals surface area (Å²) in [4.78, 5) is 19.8. The van der Waals surface area contributed by atoms with Crippen LogP contribution in [0, 0.1) is 25.6 Å². The molecule has 2 aromatic heterocycles.